The highest BCUT2D eigenvalue weighted by molar-refractivity contribution is 7.09. The van der Waals surface area contributed by atoms with Crippen LogP contribution in [0.15, 0.2) is 53.9 Å². The lowest BCUT2D eigenvalue weighted by atomic mass is 10.1. The van der Waals surface area contributed by atoms with Crippen molar-refractivity contribution in [3.8, 4) is 17.2 Å². The fourth-order valence-electron chi connectivity index (χ4n) is 3.33. The van der Waals surface area contributed by atoms with Crippen molar-refractivity contribution in [3.63, 3.8) is 0 Å². The van der Waals surface area contributed by atoms with Gasteiger partial charge in [-0.05, 0) is 47.7 Å². The lowest BCUT2D eigenvalue weighted by Gasteiger charge is -2.25. The fraction of sp³-hybridized carbons (Fsp3) is 0.261. The SMILES string of the molecule is COc1ccc(CCC(=O)N(Cc2cccs2)c2ccc3c(c2)OCCO3)cc1F. The standard InChI is InChI=1S/C23H22FNO4S/c1-27-20-7-4-16(13-19(20)24)5-9-23(26)25(15-18-3-2-12-30-18)17-6-8-21-22(14-17)29-11-10-28-21/h2-4,6-8,12-14H,5,9-11,15H2,1H3. The first-order valence-corrected chi connectivity index (χ1v) is 10.6. The van der Waals surface area contributed by atoms with Crippen molar-refractivity contribution in [2.45, 2.75) is 19.4 Å². The maximum absolute atomic E-state index is 14.0. The predicted molar refractivity (Wildman–Crippen MR) is 114 cm³/mol. The largest absolute Gasteiger partial charge is 0.494 e. The number of methoxy groups -OCH3 is 1. The Hall–Kier alpha value is -3.06. The van der Waals surface area contributed by atoms with Gasteiger partial charge in [0.05, 0.1) is 13.7 Å². The first-order chi connectivity index (χ1) is 14.6. The lowest BCUT2D eigenvalue weighted by Crippen LogP contribution is -2.30. The molecule has 4 rings (SSSR count). The van der Waals surface area contributed by atoms with Gasteiger partial charge in [0, 0.05) is 23.1 Å². The van der Waals surface area contributed by atoms with Crippen molar-refractivity contribution >= 4 is 22.9 Å². The van der Waals surface area contributed by atoms with Crippen LogP contribution in [-0.2, 0) is 17.8 Å². The van der Waals surface area contributed by atoms with Crippen LogP contribution in [0.1, 0.15) is 16.9 Å². The van der Waals surface area contributed by atoms with Crippen molar-refractivity contribution in [2.24, 2.45) is 0 Å². The summed E-state index contributed by atoms with van der Waals surface area (Å²) in [7, 11) is 1.43. The summed E-state index contributed by atoms with van der Waals surface area (Å²) in [5.74, 6) is 1.05. The summed E-state index contributed by atoms with van der Waals surface area (Å²) in [6.07, 6.45) is 0.691. The molecule has 7 heteroatoms. The van der Waals surface area contributed by atoms with E-state index in [1.165, 1.54) is 13.2 Å². The molecule has 1 aliphatic heterocycles. The van der Waals surface area contributed by atoms with E-state index in [-0.39, 0.29) is 18.1 Å². The summed E-state index contributed by atoms with van der Waals surface area (Å²) in [4.78, 5) is 16.0. The molecule has 0 fully saturated rings. The number of halogens is 1. The van der Waals surface area contributed by atoms with Crippen LogP contribution in [0.25, 0.3) is 0 Å². The van der Waals surface area contributed by atoms with Crippen LogP contribution >= 0.6 is 11.3 Å². The second kappa shape index (κ2) is 9.17. The van der Waals surface area contributed by atoms with Crippen molar-refractivity contribution in [2.75, 3.05) is 25.2 Å². The number of hydrogen-bond donors (Lipinski definition) is 0. The molecule has 0 radical (unpaired) electrons. The number of benzene rings is 2. The first-order valence-electron chi connectivity index (χ1n) is 9.69. The zero-order valence-corrected chi connectivity index (χ0v) is 17.4. The summed E-state index contributed by atoms with van der Waals surface area (Å²) in [5.41, 5.74) is 1.50. The van der Waals surface area contributed by atoms with Crippen molar-refractivity contribution in [1.82, 2.24) is 0 Å². The topological polar surface area (TPSA) is 48.0 Å². The molecular weight excluding hydrogens is 405 g/mol. The number of nitrogens with zero attached hydrogens (tertiary/aromatic N) is 1. The number of hydrogen-bond acceptors (Lipinski definition) is 5. The van der Waals surface area contributed by atoms with E-state index in [4.69, 9.17) is 14.2 Å². The van der Waals surface area contributed by atoms with Gasteiger partial charge in [-0.15, -0.1) is 11.3 Å². The van der Waals surface area contributed by atoms with Crippen LogP contribution < -0.4 is 19.1 Å². The van der Waals surface area contributed by atoms with E-state index in [9.17, 15) is 9.18 Å². The summed E-state index contributed by atoms with van der Waals surface area (Å²) >= 11 is 1.60. The third kappa shape index (κ3) is 4.57. The van der Waals surface area contributed by atoms with E-state index in [2.05, 4.69) is 0 Å². The van der Waals surface area contributed by atoms with Crippen LogP contribution in [0, 0.1) is 5.82 Å². The van der Waals surface area contributed by atoms with E-state index >= 15 is 0 Å². The zero-order valence-electron chi connectivity index (χ0n) is 16.6. The number of aryl methyl sites for hydroxylation is 1. The number of ether oxygens (including phenoxy) is 3. The average Bonchev–Trinajstić information content (AvgIpc) is 3.29. The van der Waals surface area contributed by atoms with Crippen molar-refractivity contribution in [3.05, 3.63) is 70.2 Å². The first kappa shape index (κ1) is 20.2. The van der Waals surface area contributed by atoms with E-state index < -0.39 is 5.82 Å². The zero-order chi connectivity index (χ0) is 20.9. The molecule has 2 aromatic carbocycles. The van der Waals surface area contributed by atoms with Gasteiger partial charge >= 0.3 is 0 Å². The Morgan fingerprint density at radius 1 is 1.13 bits per heavy atom. The number of amides is 1. The van der Waals surface area contributed by atoms with Gasteiger partial charge in [0.1, 0.15) is 13.2 Å². The summed E-state index contributed by atoms with van der Waals surface area (Å²) < 4.78 is 30.2. The molecule has 0 aliphatic carbocycles. The predicted octanol–water partition coefficient (Wildman–Crippen LogP) is 4.83. The van der Waals surface area contributed by atoms with Crippen LogP contribution in [0.4, 0.5) is 10.1 Å². The molecule has 0 unspecified atom stereocenters. The molecule has 0 bridgehead atoms. The minimum absolute atomic E-state index is 0.0451. The Morgan fingerprint density at radius 3 is 2.70 bits per heavy atom. The van der Waals surface area contributed by atoms with Gasteiger partial charge in [-0.1, -0.05) is 12.1 Å². The molecule has 3 aromatic rings. The Balaban J connectivity index is 1.53. The third-order valence-corrected chi connectivity index (χ3v) is 5.74. The molecule has 0 saturated heterocycles. The Kier molecular flexibility index (Phi) is 6.18. The molecule has 0 N–H and O–H groups in total. The normalized spacial score (nSPS) is 12.5. The molecule has 1 amide bonds. The van der Waals surface area contributed by atoms with Gasteiger partial charge in [-0.3, -0.25) is 4.79 Å². The van der Waals surface area contributed by atoms with E-state index in [1.807, 2.05) is 35.7 Å². The number of rotatable bonds is 7. The number of thiophene rings is 1. The quantitative estimate of drug-likeness (QED) is 0.542. The highest BCUT2D eigenvalue weighted by Gasteiger charge is 2.20. The molecule has 1 aromatic heterocycles. The number of carbonyl (C=O) groups is 1. The molecule has 0 saturated carbocycles. The third-order valence-electron chi connectivity index (χ3n) is 4.88. The Bertz CT molecular complexity index is 1020. The summed E-state index contributed by atoms with van der Waals surface area (Å²) in [5, 5.41) is 1.99. The number of anilines is 1. The summed E-state index contributed by atoms with van der Waals surface area (Å²) in [6, 6.07) is 14.3. The Morgan fingerprint density at radius 2 is 1.97 bits per heavy atom. The molecule has 5 nitrogen and oxygen atoms in total. The van der Waals surface area contributed by atoms with Crippen molar-refractivity contribution < 1.29 is 23.4 Å². The van der Waals surface area contributed by atoms with Gasteiger partial charge in [0.15, 0.2) is 23.1 Å². The van der Waals surface area contributed by atoms with Crippen LogP contribution in [0.2, 0.25) is 0 Å². The van der Waals surface area contributed by atoms with Gasteiger partial charge in [-0.25, -0.2) is 4.39 Å². The van der Waals surface area contributed by atoms with Crippen LogP contribution in [-0.4, -0.2) is 26.2 Å². The van der Waals surface area contributed by atoms with E-state index in [1.54, 1.807) is 28.4 Å². The van der Waals surface area contributed by atoms with Gasteiger partial charge in [0.2, 0.25) is 5.91 Å². The molecule has 0 atom stereocenters. The molecule has 1 aliphatic rings. The monoisotopic (exact) mass is 427 g/mol. The molecule has 2 heterocycles. The van der Waals surface area contributed by atoms with E-state index in [0.29, 0.717) is 37.7 Å². The molecular formula is C23H22FNO4S. The van der Waals surface area contributed by atoms with Gasteiger partial charge in [0.25, 0.3) is 0 Å². The van der Waals surface area contributed by atoms with Gasteiger partial charge < -0.3 is 19.1 Å². The lowest BCUT2D eigenvalue weighted by molar-refractivity contribution is -0.118. The second-order valence-corrected chi connectivity index (χ2v) is 7.89. The summed E-state index contributed by atoms with van der Waals surface area (Å²) in [6.45, 7) is 1.47. The molecule has 30 heavy (non-hydrogen) atoms. The van der Waals surface area contributed by atoms with Gasteiger partial charge in [-0.2, -0.15) is 0 Å². The minimum Gasteiger partial charge on any atom is -0.494 e. The van der Waals surface area contributed by atoms with Crippen LogP contribution in [0.5, 0.6) is 17.2 Å². The average molecular weight is 427 g/mol. The smallest absolute Gasteiger partial charge is 0.227 e. The number of fused-ring (bicyclic) bond motifs is 1. The van der Waals surface area contributed by atoms with Crippen molar-refractivity contribution in [1.29, 1.82) is 0 Å². The highest BCUT2D eigenvalue weighted by Crippen LogP contribution is 2.35. The fourth-order valence-corrected chi connectivity index (χ4v) is 4.03. The highest BCUT2D eigenvalue weighted by atomic mass is 32.1. The number of carbonyl (C=O) groups excluding carboxylic acids is 1. The minimum atomic E-state index is -0.426. The molecule has 0 spiro atoms. The Labute approximate surface area is 178 Å². The maximum Gasteiger partial charge on any atom is 0.227 e. The maximum atomic E-state index is 14.0. The molecule has 156 valence electrons. The van der Waals surface area contributed by atoms with E-state index in [0.717, 1.165) is 16.1 Å². The van der Waals surface area contributed by atoms with Crippen LogP contribution in [0.3, 0.4) is 0 Å². The second-order valence-electron chi connectivity index (χ2n) is 6.86.